The Balaban J connectivity index is 2.85. The van der Waals surface area contributed by atoms with Gasteiger partial charge >= 0.3 is 0 Å². The van der Waals surface area contributed by atoms with Gasteiger partial charge in [-0.2, -0.15) is 4.37 Å². The number of aromatic nitrogens is 1. The van der Waals surface area contributed by atoms with E-state index in [1.54, 1.807) is 0 Å². The van der Waals surface area contributed by atoms with Gasteiger partial charge in [-0.25, -0.2) is 0 Å². The van der Waals surface area contributed by atoms with Gasteiger partial charge < -0.3 is 5.73 Å². The molecular weight excluding hydrogens is 132 g/mol. The molecule has 0 aliphatic carbocycles. The Labute approximate surface area is 58.9 Å². The molecule has 0 saturated carbocycles. The van der Waals surface area contributed by atoms with Crippen LogP contribution in [0.1, 0.15) is 18.2 Å². The van der Waals surface area contributed by atoms with Gasteiger partial charge in [-0.1, -0.05) is 6.92 Å². The lowest BCUT2D eigenvalue weighted by Crippen LogP contribution is -1.98. The van der Waals surface area contributed by atoms with Gasteiger partial charge in [0.1, 0.15) is 0 Å². The lowest BCUT2D eigenvalue weighted by molar-refractivity contribution is 0.975. The lowest BCUT2D eigenvalue weighted by Gasteiger charge is -1.91. The Kier molecular flexibility index (Phi) is 2.19. The highest BCUT2D eigenvalue weighted by molar-refractivity contribution is 7.03. The van der Waals surface area contributed by atoms with Crippen LogP contribution in [0.2, 0.25) is 0 Å². The van der Waals surface area contributed by atoms with Crippen LogP contribution >= 0.6 is 11.5 Å². The zero-order valence-corrected chi connectivity index (χ0v) is 6.24. The Morgan fingerprint density at radius 2 is 2.56 bits per heavy atom. The Hall–Kier alpha value is -0.410. The summed E-state index contributed by atoms with van der Waals surface area (Å²) in [6.45, 7) is 2.69. The number of nitrogens with zero attached hydrogens (tertiary/aromatic N) is 1. The van der Waals surface area contributed by atoms with Gasteiger partial charge in [0.25, 0.3) is 0 Å². The van der Waals surface area contributed by atoms with E-state index in [9.17, 15) is 0 Å². The molecule has 0 amide bonds. The minimum absolute atomic E-state index is 0.576. The van der Waals surface area contributed by atoms with Crippen molar-refractivity contribution in [3.05, 3.63) is 16.6 Å². The highest BCUT2D eigenvalue weighted by Crippen LogP contribution is 2.09. The van der Waals surface area contributed by atoms with Crippen LogP contribution in [0.4, 0.5) is 0 Å². The molecule has 0 spiro atoms. The molecule has 50 valence electrons. The summed E-state index contributed by atoms with van der Waals surface area (Å²) < 4.78 is 4.12. The van der Waals surface area contributed by atoms with E-state index < -0.39 is 0 Å². The van der Waals surface area contributed by atoms with E-state index >= 15 is 0 Å². The molecule has 0 fully saturated rings. The normalized spacial score (nSPS) is 10.0. The second kappa shape index (κ2) is 2.94. The van der Waals surface area contributed by atoms with Gasteiger partial charge in [-0.3, -0.25) is 0 Å². The van der Waals surface area contributed by atoms with Crippen LogP contribution in [-0.4, -0.2) is 4.37 Å². The molecule has 1 aromatic rings. The molecule has 3 heteroatoms. The third-order valence-electron chi connectivity index (χ3n) is 1.30. The molecule has 2 nitrogen and oxygen atoms in total. The minimum Gasteiger partial charge on any atom is -0.325 e. The van der Waals surface area contributed by atoms with Gasteiger partial charge in [-0.15, -0.1) is 0 Å². The maximum Gasteiger partial charge on any atom is 0.0709 e. The van der Waals surface area contributed by atoms with Crippen LogP contribution in [0, 0.1) is 0 Å². The molecule has 0 aliphatic heterocycles. The SMILES string of the molecule is CCc1csnc1CN. The maximum absolute atomic E-state index is 5.41. The smallest absolute Gasteiger partial charge is 0.0709 e. The van der Waals surface area contributed by atoms with Crippen molar-refractivity contribution in [3.8, 4) is 0 Å². The number of rotatable bonds is 2. The van der Waals surface area contributed by atoms with Crippen molar-refractivity contribution in [2.24, 2.45) is 5.73 Å². The van der Waals surface area contributed by atoms with Crippen molar-refractivity contribution in [2.75, 3.05) is 0 Å². The number of hydrogen-bond donors (Lipinski definition) is 1. The van der Waals surface area contributed by atoms with Crippen LogP contribution in [0.3, 0.4) is 0 Å². The van der Waals surface area contributed by atoms with E-state index in [0.29, 0.717) is 6.54 Å². The van der Waals surface area contributed by atoms with E-state index in [-0.39, 0.29) is 0 Å². The molecule has 9 heavy (non-hydrogen) atoms. The zero-order valence-electron chi connectivity index (χ0n) is 5.42. The molecule has 0 saturated heterocycles. The highest BCUT2D eigenvalue weighted by Gasteiger charge is 1.98. The van der Waals surface area contributed by atoms with Crippen molar-refractivity contribution < 1.29 is 0 Å². The van der Waals surface area contributed by atoms with Crippen molar-refractivity contribution in [1.82, 2.24) is 4.37 Å². The largest absolute Gasteiger partial charge is 0.325 e. The van der Waals surface area contributed by atoms with Crippen molar-refractivity contribution in [1.29, 1.82) is 0 Å². The summed E-state index contributed by atoms with van der Waals surface area (Å²) in [5, 5.41) is 2.06. The first-order chi connectivity index (χ1) is 4.38. The van der Waals surface area contributed by atoms with Crippen LogP contribution in [0.15, 0.2) is 5.38 Å². The van der Waals surface area contributed by atoms with Crippen LogP contribution in [0.5, 0.6) is 0 Å². The highest BCUT2D eigenvalue weighted by atomic mass is 32.1. The third-order valence-corrected chi connectivity index (χ3v) is 2.02. The van der Waals surface area contributed by atoms with Gasteiger partial charge in [-0.05, 0) is 23.5 Å². The second-order valence-electron chi connectivity index (χ2n) is 1.84. The molecule has 0 aromatic carbocycles. The van der Waals surface area contributed by atoms with Gasteiger partial charge in [0.2, 0.25) is 0 Å². The first kappa shape index (κ1) is 6.71. The van der Waals surface area contributed by atoms with Crippen LogP contribution in [-0.2, 0) is 13.0 Å². The minimum atomic E-state index is 0.576. The molecule has 2 N–H and O–H groups in total. The van der Waals surface area contributed by atoms with Crippen LogP contribution < -0.4 is 5.73 Å². The number of hydrogen-bond acceptors (Lipinski definition) is 3. The van der Waals surface area contributed by atoms with E-state index in [1.165, 1.54) is 17.1 Å². The molecule has 0 bridgehead atoms. The second-order valence-corrected chi connectivity index (χ2v) is 2.47. The first-order valence-corrected chi connectivity index (χ1v) is 3.84. The van der Waals surface area contributed by atoms with Crippen LogP contribution in [0.25, 0.3) is 0 Å². The van der Waals surface area contributed by atoms with Crippen molar-refractivity contribution in [3.63, 3.8) is 0 Å². The molecule has 0 aliphatic rings. The van der Waals surface area contributed by atoms with E-state index in [4.69, 9.17) is 5.73 Å². The average Bonchev–Trinajstić information content (AvgIpc) is 2.33. The lowest BCUT2D eigenvalue weighted by atomic mass is 10.2. The fourth-order valence-electron chi connectivity index (χ4n) is 0.736. The number of nitrogens with two attached hydrogens (primary N) is 1. The Morgan fingerprint density at radius 3 is 3.00 bits per heavy atom. The summed E-state index contributed by atoms with van der Waals surface area (Å²) in [5.74, 6) is 0. The predicted octanol–water partition coefficient (Wildman–Crippen LogP) is 1.16. The maximum atomic E-state index is 5.41. The summed E-state index contributed by atoms with van der Waals surface area (Å²) in [6.07, 6.45) is 1.04. The Bertz CT molecular complexity index is 164. The standard InChI is InChI=1S/C6H10N2S/c1-2-5-4-9-8-6(5)3-7/h4H,2-3,7H2,1H3. The van der Waals surface area contributed by atoms with Gasteiger partial charge in [0.05, 0.1) is 5.69 Å². The molecule has 0 unspecified atom stereocenters. The zero-order chi connectivity index (χ0) is 6.69. The van der Waals surface area contributed by atoms with E-state index in [0.717, 1.165) is 12.1 Å². The molecule has 0 atom stereocenters. The van der Waals surface area contributed by atoms with E-state index in [1.807, 2.05) is 0 Å². The molecule has 1 aromatic heterocycles. The fraction of sp³-hybridized carbons (Fsp3) is 0.500. The quantitative estimate of drug-likeness (QED) is 0.673. The van der Waals surface area contributed by atoms with Gasteiger partial charge in [0.15, 0.2) is 0 Å². The third kappa shape index (κ3) is 1.28. The predicted molar refractivity (Wildman–Crippen MR) is 39.4 cm³/mol. The van der Waals surface area contributed by atoms with Crippen molar-refractivity contribution in [2.45, 2.75) is 19.9 Å². The molecule has 0 radical (unpaired) electrons. The summed E-state index contributed by atoms with van der Waals surface area (Å²) >= 11 is 1.49. The van der Waals surface area contributed by atoms with Gasteiger partial charge in [0, 0.05) is 11.9 Å². The molecule has 1 heterocycles. The van der Waals surface area contributed by atoms with Crippen molar-refractivity contribution >= 4 is 11.5 Å². The summed E-state index contributed by atoms with van der Waals surface area (Å²) in [7, 11) is 0. The van der Waals surface area contributed by atoms with E-state index in [2.05, 4.69) is 16.7 Å². The first-order valence-electron chi connectivity index (χ1n) is 3.00. The summed E-state index contributed by atoms with van der Waals surface area (Å²) in [4.78, 5) is 0. The average molecular weight is 142 g/mol. The molecule has 1 rings (SSSR count). The summed E-state index contributed by atoms with van der Waals surface area (Å²) in [6, 6.07) is 0. The fourth-order valence-corrected chi connectivity index (χ4v) is 1.54. The monoisotopic (exact) mass is 142 g/mol. The summed E-state index contributed by atoms with van der Waals surface area (Å²) in [5.41, 5.74) is 7.77. The number of aryl methyl sites for hydroxylation is 1. The topological polar surface area (TPSA) is 38.9 Å². The molecular formula is C6H10N2S. The Morgan fingerprint density at radius 1 is 1.78 bits per heavy atom.